The minimum atomic E-state index is -0.417. The predicted molar refractivity (Wildman–Crippen MR) is 167 cm³/mol. The van der Waals surface area contributed by atoms with Gasteiger partial charge in [0.2, 0.25) is 0 Å². The Morgan fingerprint density at radius 3 is 2.17 bits per heavy atom. The van der Waals surface area contributed by atoms with Crippen LogP contribution in [-0.4, -0.2) is 25.4 Å². The van der Waals surface area contributed by atoms with Gasteiger partial charge >= 0.3 is 0 Å². The van der Waals surface area contributed by atoms with E-state index in [0.717, 1.165) is 27.7 Å². The molecule has 5 aromatic rings. The first-order valence-corrected chi connectivity index (χ1v) is 13.8. The van der Waals surface area contributed by atoms with Crippen LogP contribution < -0.4 is 0 Å². The molecule has 0 aliphatic heterocycles. The molecule has 0 fully saturated rings. The average Bonchev–Trinajstić information content (AvgIpc) is 3.20. The molecule has 0 saturated carbocycles. The summed E-state index contributed by atoms with van der Waals surface area (Å²) in [5, 5.41) is 13.2. The second-order valence-electron chi connectivity index (χ2n) is 12.7. The number of carbonyl (C=O) groups excluding carboxylic acids is 1. The van der Waals surface area contributed by atoms with Crippen molar-refractivity contribution in [2.24, 2.45) is 17.9 Å². The van der Waals surface area contributed by atoms with Crippen molar-refractivity contribution in [3.05, 3.63) is 84.4 Å². The number of nitrogens with zero attached hydrogens (tertiary/aromatic N) is 3. The molecule has 41 heavy (non-hydrogen) atoms. The van der Waals surface area contributed by atoms with Crippen LogP contribution >= 0.6 is 0 Å². The van der Waals surface area contributed by atoms with Crippen LogP contribution in [0.25, 0.3) is 44.0 Å². The van der Waals surface area contributed by atoms with Crippen molar-refractivity contribution in [2.45, 2.75) is 61.3 Å². The quantitative estimate of drug-likeness (QED) is 0.115. The number of allylic oxidation sites excluding steroid dienone is 2. The van der Waals surface area contributed by atoms with E-state index in [0.29, 0.717) is 5.92 Å². The second-order valence-corrected chi connectivity index (χ2v) is 12.7. The van der Waals surface area contributed by atoms with Gasteiger partial charge in [-0.1, -0.05) is 97.7 Å². The van der Waals surface area contributed by atoms with Crippen molar-refractivity contribution in [1.82, 2.24) is 14.5 Å². The van der Waals surface area contributed by atoms with Crippen LogP contribution in [0, 0.1) is 16.9 Å². The van der Waals surface area contributed by atoms with Crippen molar-refractivity contribution in [3.8, 4) is 11.3 Å². The van der Waals surface area contributed by atoms with Crippen LogP contribution in [0.15, 0.2) is 72.8 Å². The van der Waals surface area contributed by atoms with Crippen LogP contribution in [-0.2, 0) is 31.9 Å². The molecule has 1 radical (unpaired) electrons. The molecule has 0 atom stereocenters. The van der Waals surface area contributed by atoms with E-state index in [9.17, 15) is 9.90 Å². The van der Waals surface area contributed by atoms with Gasteiger partial charge in [-0.3, -0.25) is 9.78 Å². The summed E-state index contributed by atoms with van der Waals surface area (Å²) >= 11 is 0. The molecule has 1 N–H and O–H groups in total. The Kier molecular flexibility index (Phi) is 9.62. The zero-order chi connectivity index (χ0) is 29.4. The first-order chi connectivity index (χ1) is 18.7. The number of ketones is 1. The zero-order valence-electron chi connectivity index (χ0n) is 25.5. The van der Waals surface area contributed by atoms with E-state index in [4.69, 9.17) is 0 Å². The minimum Gasteiger partial charge on any atom is -0.512 e. The summed E-state index contributed by atoms with van der Waals surface area (Å²) < 4.78 is 2.23. The first kappa shape index (κ1) is 32.2. The maximum absolute atomic E-state index is 11.5. The Bertz CT molecular complexity index is 1720. The molecule has 3 aromatic carbocycles. The fourth-order valence-corrected chi connectivity index (χ4v) is 4.51. The Hall–Kier alpha value is -3.34. The molecule has 0 amide bonds. The van der Waals surface area contributed by atoms with Gasteiger partial charge in [-0.15, -0.1) is 35.4 Å². The number of hydrogen-bond acceptors (Lipinski definition) is 4. The summed E-state index contributed by atoms with van der Waals surface area (Å²) in [7, 11) is 2.10. The van der Waals surface area contributed by atoms with E-state index in [1.807, 2.05) is 41.5 Å². The Morgan fingerprint density at radius 1 is 0.902 bits per heavy atom. The van der Waals surface area contributed by atoms with E-state index in [2.05, 4.69) is 96.1 Å². The molecule has 0 aliphatic carbocycles. The van der Waals surface area contributed by atoms with Crippen LogP contribution in [0.4, 0.5) is 0 Å². The number of aryl methyl sites for hydroxylation is 1. The molecule has 0 unspecified atom stereocenters. The fraction of sp³-hybridized carbons (Fsp3) is 0.343. The molecule has 0 aliphatic rings. The van der Waals surface area contributed by atoms with Crippen molar-refractivity contribution >= 4 is 38.5 Å². The number of benzene rings is 3. The third-order valence-corrected chi connectivity index (χ3v) is 7.18. The number of rotatable bonds is 3. The summed E-state index contributed by atoms with van der Waals surface area (Å²) in [6.45, 7) is 15.5. The van der Waals surface area contributed by atoms with Gasteiger partial charge in [-0.25, -0.2) is 4.98 Å². The van der Waals surface area contributed by atoms with Crippen LogP contribution in [0.2, 0.25) is 0 Å². The predicted octanol–water partition coefficient (Wildman–Crippen LogP) is 8.95. The third kappa shape index (κ3) is 6.77. The fourth-order valence-electron chi connectivity index (χ4n) is 4.51. The van der Waals surface area contributed by atoms with E-state index in [1.165, 1.54) is 27.9 Å². The van der Waals surface area contributed by atoms with Gasteiger partial charge in [0.1, 0.15) is 12.1 Å². The third-order valence-electron chi connectivity index (χ3n) is 7.18. The molecule has 5 nitrogen and oxygen atoms in total. The van der Waals surface area contributed by atoms with E-state index in [-0.39, 0.29) is 37.1 Å². The van der Waals surface area contributed by atoms with Crippen LogP contribution in [0.3, 0.4) is 0 Å². The molecular weight excluding hydrogens is 687 g/mol. The molecular formula is C35H40IrN3O2-. The molecule has 217 valence electrons. The minimum absolute atomic E-state index is 0. The normalized spacial score (nSPS) is 12.4. The summed E-state index contributed by atoms with van der Waals surface area (Å²) in [5.41, 5.74) is 5.69. The van der Waals surface area contributed by atoms with Crippen molar-refractivity contribution in [1.29, 1.82) is 0 Å². The zero-order valence-corrected chi connectivity index (χ0v) is 27.9. The maximum Gasteiger partial charge on any atom is 0.164 e. The van der Waals surface area contributed by atoms with E-state index < -0.39 is 5.41 Å². The maximum atomic E-state index is 11.5. The number of aliphatic hydroxyl groups is 1. The molecule has 2 heterocycles. The number of aliphatic hydroxyl groups excluding tert-OH is 1. The summed E-state index contributed by atoms with van der Waals surface area (Å²) in [4.78, 5) is 20.7. The molecule has 0 spiro atoms. The van der Waals surface area contributed by atoms with Gasteiger partial charge in [0.15, 0.2) is 5.78 Å². The Morgan fingerprint density at radius 2 is 1.59 bits per heavy atom. The monoisotopic (exact) mass is 727 g/mol. The number of hydrogen-bond donors (Lipinski definition) is 1. The first-order valence-electron chi connectivity index (χ1n) is 13.8. The summed E-state index contributed by atoms with van der Waals surface area (Å²) in [6.07, 6.45) is 3.00. The van der Waals surface area contributed by atoms with Gasteiger partial charge in [0, 0.05) is 60.5 Å². The van der Waals surface area contributed by atoms with E-state index >= 15 is 0 Å². The molecule has 5 rings (SSSR count). The van der Waals surface area contributed by atoms with Crippen LogP contribution in [0.5, 0.6) is 0 Å². The van der Waals surface area contributed by atoms with Crippen molar-refractivity contribution in [3.63, 3.8) is 0 Å². The van der Waals surface area contributed by atoms with Gasteiger partial charge in [0.25, 0.3) is 0 Å². The number of carbonyl (C=O) groups is 1. The van der Waals surface area contributed by atoms with Gasteiger partial charge < -0.3 is 9.67 Å². The SMILES string of the molecule is CC(C)(C)C(=O)/C=C(\O)C(C)(C)C.CC(C)c1c[c-]c(-c2ncnc3c4ccc5ccccc5c4n(C)c23)cc1.[Ir]. The van der Waals surface area contributed by atoms with Gasteiger partial charge in [-0.05, 0) is 5.39 Å². The average molecular weight is 727 g/mol. The summed E-state index contributed by atoms with van der Waals surface area (Å²) in [6, 6.07) is 22.6. The van der Waals surface area contributed by atoms with Crippen molar-refractivity contribution in [2.75, 3.05) is 0 Å². The summed E-state index contributed by atoms with van der Waals surface area (Å²) in [5.74, 6) is 0.594. The number of aromatic nitrogens is 3. The van der Waals surface area contributed by atoms with Gasteiger partial charge in [-0.2, -0.15) is 0 Å². The largest absolute Gasteiger partial charge is 0.512 e. The smallest absolute Gasteiger partial charge is 0.164 e. The number of fused-ring (bicyclic) bond motifs is 5. The molecule has 0 bridgehead atoms. The Balaban J connectivity index is 0.000000284. The van der Waals surface area contributed by atoms with E-state index in [1.54, 1.807) is 6.33 Å². The topological polar surface area (TPSA) is 68.0 Å². The molecule has 2 aromatic heterocycles. The molecule has 0 saturated heterocycles. The Labute approximate surface area is 257 Å². The van der Waals surface area contributed by atoms with Crippen LogP contribution in [0.1, 0.15) is 66.9 Å². The standard InChI is InChI=1S/C24H20N3.C11H20O2.Ir/c1-15(2)16-8-10-18(11-9-16)21-24-22(26-14-25-21)20-13-12-17-6-4-5-7-19(17)23(20)27(24)3;1-10(2,3)8(12)7-9(13)11(4,5)6;/h4-10,12-15H,1-3H3;7,12H,1-6H3;/q-1;;/b;8-7-;. The van der Waals surface area contributed by atoms with Gasteiger partial charge in [0.05, 0.1) is 16.6 Å². The second kappa shape index (κ2) is 12.3. The molecule has 6 heteroatoms. The van der Waals surface area contributed by atoms with Crippen molar-refractivity contribution < 1.29 is 30.0 Å².